The van der Waals surface area contributed by atoms with Crippen molar-refractivity contribution in [2.24, 2.45) is 11.8 Å². The topological polar surface area (TPSA) is 101 Å². The number of aromatic nitrogens is 3. The lowest BCUT2D eigenvalue weighted by Gasteiger charge is -2.33. The second-order valence-electron chi connectivity index (χ2n) is 10.0. The van der Waals surface area contributed by atoms with E-state index in [4.69, 9.17) is 4.74 Å². The lowest BCUT2D eigenvalue weighted by atomic mass is 9.81. The highest BCUT2D eigenvalue weighted by Crippen LogP contribution is 2.43. The van der Waals surface area contributed by atoms with Crippen molar-refractivity contribution in [1.82, 2.24) is 30.1 Å². The number of nitrogens with one attached hydrogen (secondary N) is 2. The summed E-state index contributed by atoms with van der Waals surface area (Å²) in [5.74, 6) is -4.07. The molecule has 2 atom stereocenters. The van der Waals surface area contributed by atoms with Crippen molar-refractivity contribution in [2.45, 2.75) is 69.3 Å². The third kappa shape index (κ3) is 5.87. The van der Waals surface area contributed by atoms with Gasteiger partial charge in [0.05, 0.1) is 24.1 Å². The number of carbonyl (C=O) groups is 2. The molecule has 3 heterocycles. The highest BCUT2D eigenvalue weighted by atomic mass is 19.4. The summed E-state index contributed by atoms with van der Waals surface area (Å²) in [6.45, 7) is 1.40. The number of nitrogens with zero attached hydrogens (tertiary/aromatic N) is 4. The summed E-state index contributed by atoms with van der Waals surface area (Å²) in [5, 5.41) is 9.49. The molecule has 3 fully saturated rings. The van der Waals surface area contributed by atoms with E-state index < -0.39 is 55.0 Å². The van der Waals surface area contributed by atoms with Crippen molar-refractivity contribution < 1.29 is 36.3 Å². The Morgan fingerprint density at radius 3 is 2.57 bits per heavy atom. The minimum absolute atomic E-state index is 0.0554. The monoisotopic (exact) mass is 530 g/mol. The number of imidazole rings is 1. The summed E-state index contributed by atoms with van der Waals surface area (Å²) in [7, 11) is 0. The number of alkyl halides is 5. The highest BCUT2D eigenvalue weighted by molar-refractivity contribution is 5.76. The largest absolute Gasteiger partial charge is 0.436 e. The molecule has 0 bridgehead atoms. The van der Waals surface area contributed by atoms with Gasteiger partial charge in [-0.1, -0.05) is 0 Å². The van der Waals surface area contributed by atoms with Crippen LogP contribution in [0, 0.1) is 11.8 Å². The maximum atomic E-state index is 13.8. The Labute approximate surface area is 208 Å². The fourth-order valence-corrected chi connectivity index (χ4v) is 4.99. The number of carbonyl (C=O) groups excluding carboxylic acids is 2. The molecular weight excluding hydrogens is 503 g/mol. The predicted molar refractivity (Wildman–Crippen MR) is 119 cm³/mol. The smallest absolute Gasteiger partial charge is 0.425 e. The van der Waals surface area contributed by atoms with E-state index in [1.165, 1.54) is 10.7 Å². The zero-order valence-corrected chi connectivity index (χ0v) is 19.8. The Bertz CT molecular complexity index is 1160. The molecule has 14 heteroatoms. The predicted octanol–water partition coefficient (Wildman–Crippen LogP) is 4.19. The number of amides is 3. The first-order valence-corrected chi connectivity index (χ1v) is 12.3. The van der Waals surface area contributed by atoms with Gasteiger partial charge in [0.1, 0.15) is 0 Å². The molecule has 2 aliphatic carbocycles. The van der Waals surface area contributed by atoms with Crippen LogP contribution in [0.5, 0.6) is 0 Å². The maximum absolute atomic E-state index is 13.8. The lowest BCUT2D eigenvalue weighted by Crippen LogP contribution is -2.42. The molecular formula is C23H27F5N6O3. The Morgan fingerprint density at radius 1 is 1.22 bits per heavy atom. The van der Waals surface area contributed by atoms with Crippen LogP contribution >= 0.6 is 0 Å². The molecule has 3 amide bonds. The molecule has 2 aromatic heterocycles. The van der Waals surface area contributed by atoms with E-state index in [9.17, 15) is 31.5 Å². The average molecular weight is 530 g/mol. The number of urea groups is 1. The molecule has 0 aromatic carbocycles. The van der Waals surface area contributed by atoms with Gasteiger partial charge in [0.2, 0.25) is 12.0 Å². The van der Waals surface area contributed by atoms with E-state index in [-0.39, 0.29) is 24.6 Å². The summed E-state index contributed by atoms with van der Waals surface area (Å²) in [6.07, 6.45) is -5.14. The van der Waals surface area contributed by atoms with Gasteiger partial charge in [-0.15, -0.1) is 0 Å². The maximum Gasteiger partial charge on any atom is 0.425 e. The Kier molecular flexibility index (Phi) is 6.61. The van der Waals surface area contributed by atoms with Crippen LogP contribution in [0.1, 0.15) is 55.8 Å². The van der Waals surface area contributed by atoms with Crippen LogP contribution in [-0.2, 0) is 11.3 Å². The van der Waals surface area contributed by atoms with Crippen LogP contribution in [0.15, 0.2) is 18.5 Å². The van der Waals surface area contributed by atoms with Crippen molar-refractivity contribution in [3.05, 3.63) is 29.7 Å². The Hall–Kier alpha value is -3.19. The highest BCUT2D eigenvalue weighted by Gasteiger charge is 2.52. The number of halogens is 5. The SMILES string of the molecule is O=C(NC(c1cn2ncc(CN3CCNC3=O)cc2n1)C1CCC(F)(F)CC1)OC(C1CC1)C(F)(F)F. The molecule has 202 valence electrons. The first-order valence-electron chi connectivity index (χ1n) is 12.3. The van der Waals surface area contributed by atoms with Crippen LogP contribution in [0.4, 0.5) is 31.5 Å². The lowest BCUT2D eigenvalue weighted by molar-refractivity contribution is -0.209. The van der Waals surface area contributed by atoms with Crippen LogP contribution in [0.25, 0.3) is 5.65 Å². The zero-order chi connectivity index (χ0) is 26.4. The fraction of sp³-hybridized carbons (Fsp3) is 0.652. The van der Waals surface area contributed by atoms with Crippen molar-refractivity contribution in [1.29, 1.82) is 0 Å². The quantitative estimate of drug-likeness (QED) is 0.523. The third-order valence-electron chi connectivity index (χ3n) is 7.15. The Balaban J connectivity index is 1.37. The Morgan fingerprint density at radius 2 is 1.95 bits per heavy atom. The molecule has 9 nitrogen and oxygen atoms in total. The van der Waals surface area contributed by atoms with Crippen LogP contribution in [0.3, 0.4) is 0 Å². The summed E-state index contributed by atoms with van der Waals surface area (Å²) in [6, 6.07) is 0.578. The molecule has 2 aromatic rings. The molecule has 2 saturated carbocycles. The van der Waals surface area contributed by atoms with Crippen molar-refractivity contribution in [3.63, 3.8) is 0 Å². The van der Waals surface area contributed by atoms with E-state index in [0.717, 1.165) is 0 Å². The first-order chi connectivity index (χ1) is 17.5. The summed E-state index contributed by atoms with van der Waals surface area (Å²) >= 11 is 0. The number of hydrogen-bond donors (Lipinski definition) is 2. The van der Waals surface area contributed by atoms with E-state index in [1.807, 2.05) is 0 Å². The van der Waals surface area contributed by atoms with E-state index >= 15 is 0 Å². The number of rotatable bonds is 7. The van der Waals surface area contributed by atoms with E-state index in [1.54, 1.807) is 17.2 Å². The molecule has 0 radical (unpaired) electrons. The number of alkyl carbamates (subject to hydrolysis) is 1. The van der Waals surface area contributed by atoms with Gasteiger partial charge in [0.15, 0.2) is 5.65 Å². The summed E-state index contributed by atoms with van der Waals surface area (Å²) in [5.41, 5.74) is 1.38. The third-order valence-corrected chi connectivity index (χ3v) is 7.15. The molecule has 1 aliphatic heterocycles. The molecule has 1 saturated heterocycles. The first kappa shape index (κ1) is 25.5. The number of hydrogen-bond acceptors (Lipinski definition) is 5. The van der Waals surface area contributed by atoms with Crippen LogP contribution in [0.2, 0.25) is 0 Å². The second kappa shape index (κ2) is 9.60. The van der Waals surface area contributed by atoms with Gasteiger partial charge >= 0.3 is 18.3 Å². The van der Waals surface area contributed by atoms with Gasteiger partial charge < -0.3 is 20.3 Å². The zero-order valence-electron chi connectivity index (χ0n) is 19.8. The number of ether oxygens (including phenoxy) is 1. The summed E-state index contributed by atoms with van der Waals surface area (Å²) in [4.78, 5) is 30.6. The standard InChI is InChI=1S/C23H27F5N6O3/c24-22(25)5-3-14(4-6-22)18(32-21(36)37-19(15-1-2-15)23(26,27)28)16-12-34-17(31-16)9-13(10-30-34)11-33-8-7-29-20(33)35/h9-10,12,14-15,18-19H,1-8,11H2,(H,29,35)(H,32,36). The number of fused-ring (bicyclic) bond motifs is 1. The normalized spacial score (nSPS) is 22.1. The van der Waals surface area contributed by atoms with E-state index in [0.29, 0.717) is 43.7 Å². The molecule has 37 heavy (non-hydrogen) atoms. The fourth-order valence-electron chi connectivity index (χ4n) is 4.99. The summed E-state index contributed by atoms with van der Waals surface area (Å²) < 4.78 is 74.0. The van der Waals surface area contributed by atoms with Crippen LogP contribution < -0.4 is 10.6 Å². The van der Waals surface area contributed by atoms with Gasteiger partial charge in [-0.3, -0.25) is 0 Å². The molecule has 2 unspecified atom stereocenters. The van der Waals surface area contributed by atoms with Gasteiger partial charge in [0.25, 0.3) is 0 Å². The van der Waals surface area contributed by atoms with Crippen molar-refractivity contribution >= 4 is 17.8 Å². The van der Waals surface area contributed by atoms with Gasteiger partial charge in [-0.2, -0.15) is 18.3 Å². The molecule has 2 N–H and O–H groups in total. The van der Waals surface area contributed by atoms with Crippen molar-refractivity contribution in [2.75, 3.05) is 13.1 Å². The second-order valence-corrected chi connectivity index (χ2v) is 10.0. The molecule has 5 rings (SSSR count). The molecule has 0 spiro atoms. The van der Waals surface area contributed by atoms with Gasteiger partial charge in [-0.25, -0.2) is 27.9 Å². The van der Waals surface area contributed by atoms with E-state index in [2.05, 4.69) is 20.7 Å². The van der Waals surface area contributed by atoms with Crippen LogP contribution in [-0.4, -0.2) is 62.9 Å². The molecule has 3 aliphatic rings. The average Bonchev–Trinajstić information content (AvgIpc) is 3.45. The van der Waals surface area contributed by atoms with Gasteiger partial charge in [0, 0.05) is 38.4 Å². The minimum Gasteiger partial charge on any atom is -0.436 e. The van der Waals surface area contributed by atoms with Crippen molar-refractivity contribution in [3.8, 4) is 0 Å². The minimum atomic E-state index is -4.70. The van der Waals surface area contributed by atoms with Gasteiger partial charge in [-0.05, 0) is 43.2 Å².